The van der Waals surface area contributed by atoms with Crippen LogP contribution in [0.4, 0.5) is 0 Å². The van der Waals surface area contributed by atoms with Crippen LogP contribution in [0.15, 0.2) is 6.07 Å². The van der Waals surface area contributed by atoms with E-state index in [1.165, 1.54) is 0 Å². The van der Waals surface area contributed by atoms with Gasteiger partial charge in [0.15, 0.2) is 5.69 Å². The Labute approximate surface area is 94.2 Å². The third-order valence-electron chi connectivity index (χ3n) is 1.92. The van der Waals surface area contributed by atoms with E-state index in [9.17, 15) is 4.79 Å². The maximum atomic E-state index is 11.4. The smallest absolute Gasteiger partial charge is 0.358 e. The molecule has 1 aromatic rings. The fourth-order valence-electron chi connectivity index (χ4n) is 1.28. The fraction of sp³-hybridized carbons (Fsp3) is 0.600. The van der Waals surface area contributed by atoms with Crippen molar-refractivity contribution < 1.29 is 9.53 Å². The van der Waals surface area contributed by atoms with Gasteiger partial charge in [-0.3, -0.25) is 4.68 Å². The fourth-order valence-corrected chi connectivity index (χ4v) is 1.48. The first-order valence-corrected chi connectivity index (χ1v) is 5.45. The summed E-state index contributed by atoms with van der Waals surface area (Å²) >= 11 is 5.76. The summed E-state index contributed by atoms with van der Waals surface area (Å²) in [5, 5.41) is 4.16. The molecule has 0 saturated carbocycles. The number of aromatic nitrogens is 2. The number of esters is 1. The van der Waals surface area contributed by atoms with Gasteiger partial charge in [0, 0.05) is 6.04 Å². The second-order valence-corrected chi connectivity index (χ2v) is 3.68. The molecule has 0 bridgehead atoms. The molecule has 0 unspecified atom stereocenters. The van der Waals surface area contributed by atoms with Crippen molar-refractivity contribution in [2.75, 3.05) is 6.61 Å². The molecule has 0 atom stereocenters. The van der Waals surface area contributed by atoms with Crippen LogP contribution in [0.3, 0.4) is 0 Å². The molecule has 0 amide bonds. The maximum absolute atomic E-state index is 11.4. The van der Waals surface area contributed by atoms with Gasteiger partial charge in [-0.15, -0.1) is 11.6 Å². The first-order valence-electron chi connectivity index (χ1n) is 4.91. The van der Waals surface area contributed by atoms with E-state index in [-0.39, 0.29) is 6.04 Å². The van der Waals surface area contributed by atoms with Gasteiger partial charge in [0.1, 0.15) is 0 Å². The minimum Gasteiger partial charge on any atom is -0.461 e. The average molecular weight is 231 g/mol. The average Bonchev–Trinajstić information content (AvgIpc) is 2.61. The standard InChI is InChI=1S/C10H15ClN2O2/c1-4-15-10(14)9-5-8(6-11)13(12-9)7(2)3/h5,7H,4,6H2,1-3H3. The van der Waals surface area contributed by atoms with E-state index in [4.69, 9.17) is 16.3 Å². The number of carbonyl (C=O) groups excluding carboxylic acids is 1. The molecule has 0 radical (unpaired) electrons. The lowest BCUT2D eigenvalue weighted by Gasteiger charge is -2.07. The summed E-state index contributed by atoms with van der Waals surface area (Å²) in [7, 11) is 0. The van der Waals surface area contributed by atoms with Crippen molar-refractivity contribution in [1.82, 2.24) is 9.78 Å². The highest BCUT2D eigenvalue weighted by molar-refractivity contribution is 6.17. The number of nitrogens with zero attached hydrogens (tertiary/aromatic N) is 2. The van der Waals surface area contributed by atoms with E-state index >= 15 is 0 Å². The number of hydrogen-bond donors (Lipinski definition) is 0. The summed E-state index contributed by atoms with van der Waals surface area (Å²) in [6.07, 6.45) is 0. The van der Waals surface area contributed by atoms with Crippen LogP contribution in [0.2, 0.25) is 0 Å². The number of carbonyl (C=O) groups is 1. The van der Waals surface area contributed by atoms with Gasteiger partial charge in [-0.25, -0.2) is 4.79 Å². The van der Waals surface area contributed by atoms with E-state index in [1.54, 1.807) is 17.7 Å². The van der Waals surface area contributed by atoms with Gasteiger partial charge in [-0.1, -0.05) is 0 Å². The molecule has 4 nitrogen and oxygen atoms in total. The van der Waals surface area contributed by atoms with Crippen LogP contribution in [-0.4, -0.2) is 22.4 Å². The highest BCUT2D eigenvalue weighted by atomic mass is 35.5. The molecular weight excluding hydrogens is 216 g/mol. The molecule has 1 heterocycles. The third kappa shape index (κ3) is 2.72. The van der Waals surface area contributed by atoms with Crippen molar-refractivity contribution in [2.45, 2.75) is 32.7 Å². The van der Waals surface area contributed by atoms with Crippen molar-refractivity contribution in [3.8, 4) is 0 Å². The molecule has 15 heavy (non-hydrogen) atoms. The Morgan fingerprint density at radius 3 is 2.73 bits per heavy atom. The number of ether oxygens (including phenoxy) is 1. The minimum absolute atomic E-state index is 0.182. The second-order valence-electron chi connectivity index (χ2n) is 3.41. The van der Waals surface area contributed by atoms with E-state index in [1.807, 2.05) is 13.8 Å². The van der Waals surface area contributed by atoms with Crippen molar-refractivity contribution in [2.24, 2.45) is 0 Å². The summed E-state index contributed by atoms with van der Waals surface area (Å²) in [5.41, 5.74) is 1.15. The summed E-state index contributed by atoms with van der Waals surface area (Å²) in [4.78, 5) is 11.4. The van der Waals surface area contributed by atoms with Crippen LogP contribution >= 0.6 is 11.6 Å². The van der Waals surface area contributed by atoms with Crippen LogP contribution in [0.25, 0.3) is 0 Å². The Hall–Kier alpha value is -1.03. The number of rotatable bonds is 4. The normalized spacial score (nSPS) is 10.7. The van der Waals surface area contributed by atoms with Gasteiger partial charge in [-0.2, -0.15) is 5.10 Å². The van der Waals surface area contributed by atoms with E-state index in [0.717, 1.165) is 5.69 Å². The van der Waals surface area contributed by atoms with Crippen LogP contribution < -0.4 is 0 Å². The zero-order chi connectivity index (χ0) is 11.4. The Bertz CT molecular complexity index is 347. The monoisotopic (exact) mass is 230 g/mol. The Morgan fingerprint density at radius 2 is 2.33 bits per heavy atom. The molecule has 0 N–H and O–H groups in total. The zero-order valence-corrected chi connectivity index (χ0v) is 9.91. The van der Waals surface area contributed by atoms with Gasteiger partial charge in [-0.05, 0) is 26.8 Å². The van der Waals surface area contributed by atoms with Crippen LogP contribution in [-0.2, 0) is 10.6 Å². The molecule has 0 saturated heterocycles. The highest BCUT2D eigenvalue weighted by Gasteiger charge is 2.15. The lowest BCUT2D eigenvalue weighted by atomic mass is 10.3. The first kappa shape index (κ1) is 12.0. The third-order valence-corrected chi connectivity index (χ3v) is 2.20. The number of halogens is 1. The Kier molecular flexibility index (Phi) is 4.15. The second kappa shape index (κ2) is 5.16. The SMILES string of the molecule is CCOC(=O)c1cc(CCl)n(C(C)C)n1. The number of alkyl halides is 1. The Balaban J connectivity index is 2.97. The molecule has 84 valence electrons. The minimum atomic E-state index is -0.400. The molecule has 0 aliphatic carbocycles. The van der Waals surface area contributed by atoms with Crippen molar-refractivity contribution >= 4 is 17.6 Å². The van der Waals surface area contributed by atoms with Gasteiger partial charge >= 0.3 is 5.97 Å². The van der Waals surface area contributed by atoms with Crippen LogP contribution in [0.1, 0.15) is 43.0 Å². The van der Waals surface area contributed by atoms with E-state index in [2.05, 4.69) is 5.10 Å². The lowest BCUT2D eigenvalue weighted by molar-refractivity contribution is 0.0518. The van der Waals surface area contributed by atoms with Crippen molar-refractivity contribution in [3.63, 3.8) is 0 Å². The van der Waals surface area contributed by atoms with Crippen molar-refractivity contribution in [3.05, 3.63) is 17.5 Å². The number of hydrogen-bond acceptors (Lipinski definition) is 3. The van der Waals surface area contributed by atoms with Gasteiger partial charge in [0.25, 0.3) is 0 Å². The topological polar surface area (TPSA) is 44.1 Å². The largest absolute Gasteiger partial charge is 0.461 e. The molecule has 5 heteroatoms. The highest BCUT2D eigenvalue weighted by Crippen LogP contribution is 2.14. The summed E-state index contributed by atoms with van der Waals surface area (Å²) in [5.74, 6) is -0.0619. The lowest BCUT2D eigenvalue weighted by Crippen LogP contribution is -2.09. The maximum Gasteiger partial charge on any atom is 0.358 e. The molecule has 0 aliphatic heterocycles. The molecular formula is C10H15ClN2O2. The Morgan fingerprint density at radius 1 is 1.67 bits per heavy atom. The summed E-state index contributed by atoms with van der Waals surface area (Å²) in [6.45, 7) is 6.08. The molecule has 0 fully saturated rings. The summed E-state index contributed by atoms with van der Waals surface area (Å²) in [6, 6.07) is 1.85. The molecule has 0 spiro atoms. The first-order chi connectivity index (χ1) is 7.10. The molecule has 1 aromatic heterocycles. The van der Waals surface area contributed by atoms with E-state index in [0.29, 0.717) is 18.2 Å². The van der Waals surface area contributed by atoms with Crippen LogP contribution in [0.5, 0.6) is 0 Å². The van der Waals surface area contributed by atoms with Gasteiger partial charge in [0.2, 0.25) is 0 Å². The predicted molar refractivity (Wildman–Crippen MR) is 58.1 cm³/mol. The van der Waals surface area contributed by atoms with Gasteiger partial charge < -0.3 is 4.74 Å². The molecule has 0 aromatic carbocycles. The zero-order valence-electron chi connectivity index (χ0n) is 9.16. The summed E-state index contributed by atoms with van der Waals surface area (Å²) < 4.78 is 6.60. The molecule has 1 rings (SSSR count). The van der Waals surface area contributed by atoms with Gasteiger partial charge in [0.05, 0.1) is 18.2 Å². The van der Waals surface area contributed by atoms with E-state index < -0.39 is 5.97 Å². The quantitative estimate of drug-likeness (QED) is 0.589. The van der Waals surface area contributed by atoms with Crippen LogP contribution in [0, 0.1) is 0 Å². The van der Waals surface area contributed by atoms with Crippen molar-refractivity contribution in [1.29, 1.82) is 0 Å². The predicted octanol–water partition coefficient (Wildman–Crippen LogP) is 2.38. The molecule has 0 aliphatic rings.